The van der Waals surface area contributed by atoms with Crippen molar-refractivity contribution in [3.63, 3.8) is 0 Å². The van der Waals surface area contributed by atoms with Crippen LogP contribution in [0.5, 0.6) is 0 Å². The minimum absolute atomic E-state index is 0.0760. The Kier molecular flexibility index (Phi) is 10.7. The van der Waals surface area contributed by atoms with Gasteiger partial charge in [-0.3, -0.25) is 34.3 Å². The zero-order chi connectivity index (χ0) is 46.7. The molecule has 12 nitrogen and oxygen atoms in total. The summed E-state index contributed by atoms with van der Waals surface area (Å²) in [5, 5.41) is 12.4. The summed E-state index contributed by atoms with van der Waals surface area (Å²) in [6.07, 6.45) is 1.84. The number of hydrogen-bond donors (Lipinski definition) is 4. The molecule has 3 saturated carbocycles. The average Bonchev–Trinajstić information content (AvgIpc) is 4.06. The summed E-state index contributed by atoms with van der Waals surface area (Å²) in [6, 6.07) is 9.29. The molecule has 0 radical (unpaired) electrons. The number of anilines is 1. The zero-order valence-corrected chi connectivity index (χ0v) is 37.9. The molecule has 1 spiro atoms. The van der Waals surface area contributed by atoms with E-state index in [1.165, 1.54) is 12.3 Å². The molecule has 4 N–H and O–H groups in total. The summed E-state index contributed by atoms with van der Waals surface area (Å²) >= 11 is 6.41. The SMILES string of the molecule is CC(C)(C)C[C@@H]1N[C@@H](C(=O)NC23CCC(C(=O)N4CC[C@@H](c5ccc6c(c5)CN(C5CCC(=O)NC5=O)C6=O)C4)(CC2)CC3)[C@H](c2cccc(Cl)c2F)[C@]12CNc1cc(C(F)(F)F)ncc12. The van der Waals surface area contributed by atoms with E-state index in [0.717, 1.165) is 23.6 Å². The molecule has 3 aliphatic carbocycles. The van der Waals surface area contributed by atoms with Crippen LogP contribution in [0, 0.1) is 16.6 Å². The van der Waals surface area contributed by atoms with Gasteiger partial charge in [0.15, 0.2) is 0 Å². The lowest BCUT2D eigenvalue weighted by Gasteiger charge is -2.53. The van der Waals surface area contributed by atoms with E-state index in [0.29, 0.717) is 75.6 Å². The fourth-order valence-electron chi connectivity index (χ4n) is 12.8. The topological polar surface area (TPSA) is 153 Å². The van der Waals surface area contributed by atoms with Crippen LogP contribution in [-0.4, -0.2) is 87.6 Å². The molecule has 2 bridgehead atoms. The van der Waals surface area contributed by atoms with Crippen molar-refractivity contribution in [3.8, 4) is 0 Å². The van der Waals surface area contributed by atoms with Gasteiger partial charge in [0.1, 0.15) is 17.6 Å². The van der Waals surface area contributed by atoms with Gasteiger partial charge in [0, 0.05) is 89.9 Å². The van der Waals surface area contributed by atoms with Gasteiger partial charge < -0.3 is 25.8 Å². The van der Waals surface area contributed by atoms with Gasteiger partial charge in [-0.15, -0.1) is 0 Å². The smallest absolute Gasteiger partial charge is 0.384 e. The van der Waals surface area contributed by atoms with Gasteiger partial charge in [0.2, 0.25) is 23.6 Å². The predicted molar refractivity (Wildman–Crippen MR) is 236 cm³/mol. The Morgan fingerprint density at radius 3 is 2.42 bits per heavy atom. The Morgan fingerprint density at radius 1 is 0.985 bits per heavy atom. The van der Waals surface area contributed by atoms with Crippen molar-refractivity contribution in [1.29, 1.82) is 0 Å². The van der Waals surface area contributed by atoms with Crippen LogP contribution in [0.2, 0.25) is 5.02 Å². The van der Waals surface area contributed by atoms with E-state index in [1.54, 1.807) is 17.0 Å². The lowest BCUT2D eigenvalue weighted by atomic mass is 9.56. The van der Waals surface area contributed by atoms with Crippen LogP contribution in [0.1, 0.15) is 135 Å². The number of carbonyl (C=O) groups excluding carboxylic acids is 5. The van der Waals surface area contributed by atoms with Gasteiger partial charge in [0.05, 0.1) is 11.1 Å². The van der Waals surface area contributed by atoms with Gasteiger partial charge in [-0.1, -0.05) is 56.6 Å². The first-order valence-corrected chi connectivity index (χ1v) is 23.5. The lowest BCUT2D eigenvalue weighted by Crippen LogP contribution is -2.62. The number of amides is 5. The molecule has 8 aliphatic rings. The van der Waals surface area contributed by atoms with E-state index < -0.39 is 64.0 Å². The Labute approximate surface area is 385 Å². The highest BCUT2D eigenvalue weighted by atomic mass is 35.5. The second-order valence-corrected chi connectivity index (χ2v) is 21.6. The third-order valence-electron chi connectivity index (χ3n) is 16.2. The molecule has 3 saturated heterocycles. The number of hydrogen-bond acceptors (Lipinski definition) is 8. The summed E-state index contributed by atoms with van der Waals surface area (Å²) < 4.78 is 58.1. The van der Waals surface area contributed by atoms with Crippen molar-refractivity contribution in [1.82, 2.24) is 30.7 Å². The van der Waals surface area contributed by atoms with Gasteiger partial charge in [0.25, 0.3) is 5.91 Å². The molecule has 350 valence electrons. The average molecular weight is 932 g/mol. The first-order valence-electron chi connectivity index (χ1n) is 23.1. The molecular weight excluding hydrogens is 878 g/mol. The largest absolute Gasteiger partial charge is 0.433 e. The number of halogens is 5. The number of aromatic nitrogens is 1. The molecular formula is C49H54ClF4N7O5. The van der Waals surface area contributed by atoms with Crippen molar-refractivity contribution in [2.24, 2.45) is 10.8 Å². The van der Waals surface area contributed by atoms with Gasteiger partial charge in [-0.25, -0.2) is 4.39 Å². The second kappa shape index (κ2) is 15.7. The molecule has 66 heavy (non-hydrogen) atoms. The molecule has 1 aromatic heterocycles. The molecule has 17 heteroatoms. The molecule has 5 amide bonds. The Balaban J connectivity index is 0.850. The molecule has 6 heterocycles. The number of nitrogens with zero attached hydrogens (tertiary/aromatic N) is 3. The first kappa shape index (κ1) is 44.7. The second-order valence-electron chi connectivity index (χ2n) is 21.2. The van der Waals surface area contributed by atoms with E-state index in [4.69, 9.17) is 11.6 Å². The summed E-state index contributed by atoms with van der Waals surface area (Å²) in [4.78, 5) is 74.5. The molecule has 5 aliphatic heterocycles. The Hall–Kier alpha value is -5.09. The zero-order valence-electron chi connectivity index (χ0n) is 37.2. The maximum Gasteiger partial charge on any atom is 0.433 e. The molecule has 6 fully saturated rings. The number of piperidine rings is 1. The maximum atomic E-state index is 16.4. The van der Waals surface area contributed by atoms with Gasteiger partial charge in [-0.05, 0) is 98.1 Å². The number of imide groups is 1. The van der Waals surface area contributed by atoms with Crippen LogP contribution in [0.15, 0.2) is 48.7 Å². The normalized spacial score (nSPS) is 31.6. The van der Waals surface area contributed by atoms with Crippen molar-refractivity contribution < 1.29 is 41.5 Å². The number of benzene rings is 2. The summed E-state index contributed by atoms with van der Waals surface area (Å²) in [6.45, 7) is 7.72. The molecule has 1 unspecified atom stereocenters. The number of fused-ring (bicyclic) bond motifs is 6. The number of pyridine rings is 1. The van der Waals surface area contributed by atoms with Crippen LogP contribution >= 0.6 is 11.6 Å². The summed E-state index contributed by atoms with van der Waals surface area (Å²) in [7, 11) is 0. The molecule has 6 atom stereocenters. The van der Waals surface area contributed by atoms with E-state index >= 15 is 4.39 Å². The van der Waals surface area contributed by atoms with E-state index in [-0.39, 0.29) is 70.7 Å². The first-order chi connectivity index (χ1) is 31.2. The Bertz CT molecular complexity index is 2540. The van der Waals surface area contributed by atoms with Crippen molar-refractivity contribution in [2.75, 3.05) is 25.0 Å². The van der Waals surface area contributed by atoms with Crippen LogP contribution in [0.4, 0.5) is 23.2 Å². The maximum absolute atomic E-state index is 16.4. The van der Waals surface area contributed by atoms with Crippen molar-refractivity contribution in [2.45, 2.75) is 139 Å². The van der Waals surface area contributed by atoms with Crippen molar-refractivity contribution >= 4 is 46.8 Å². The van der Waals surface area contributed by atoms with Gasteiger partial charge in [-0.2, -0.15) is 13.2 Å². The number of nitrogens with one attached hydrogen (secondary N) is 4. The van der Waals surface area contributed by atoms with Crippen molar-refractivity contribution in [3.05, 3.63) is 93.0 Å². The van der Waals surface area contributed by atoms with Crippen LogP contribution < -0.4 is 21.3 Å². The molecule has 3 aromatic rings. The third-order valence-corrected chi connectivity index (χ3v) is 16.4. The molecule has 2 aromatic carbocycles. The molecule has 11 rings (SSSR count). The highest BCUT2D eigenvalue weighted by Gasteiger charge is 2.63. The summed E-state index contributed by atoms with van der Waals surface area (Å²) in [5.41, 5.74) is -0.223. The van der Waals surface area contributed by atoms with Crippen LogP contribution in [0.3, 0.4) is 0 Å². The Morgan fingerprint density at radius 2 is 1.73 bits per heavy atom. The number of carbonyl (C=O) groups is 5. The van der Waals surface area contributed by atoms with Crippen LogP contribution in [-0.2, 0) is 37.3 Å². The van der Waals surface area contributed by atoms with Gasteiger partial charge >= 0.3 is 6.18 Å². The highest BCUT2D eigenvalue weighted by Crippen LogP contribution is 2.58. The number of likely N-dealkylation sites (tertiary alicyclic amines) is 1. The summed E-state index contributed by atoms with van der Waals surface area (Å²) in [5.74, 6) is -2.70. The minimum atomic E-state index is -4.68. The van der Waals surface area contributed by atoms with E-state index in [2.05, 4.69) is 26.3 Å². The fraction of sp³-hybridized carbons (Fsp3) is 0.551. The fourth-order valence-corrected chi connectivity index (χ4v) is 12.9. The lowest BCUT2D eigenvalue weighted by molar-refractivity contribution is -0.149. The third kappa shape index (κ3) is 7.35. The van der Waals surface area contributed by atoms with Crippen LogP contribution in [0.25, 0.3) is 0 Å². The van der Waals surface area contributed by atoms with E-state index in [1.807, 2.05) is 43.9 Å². The van der Waals surface area contributed by atoms with E-state index in [9.17, 15) is 37.1 Å². The quantitative estimate of drug-likeness (QED) is 0.145. The minimum Gasteiger partial charge on any atom is -0.384 e. The standard InChI is InChI=1S/C49H54ClF4N7O5/c1-45(2,3)21-36-48(25-56-33-20-35(49(52,53)54)55-22-31(33)48)38(30-5-4-6-32(50)39(30)51)40(57-36)42(64)59-47-15-12-46(13-16-47,14-17-47)44(66)60-18-11-27(23-60)26-7-8-29-28(19-26)24-61(43(29)65)34-9-10-37(62)58-41(34)63/h4-8,19-20,22,27,34,36,38,40,56-57H,9-18,21,23-25H2,1-3H3,(H,59,64)(H,58,62,63)/t27-,34?,36+,38+,40-,46?,47?,48+/m1/s1. The predicted octanol–water partition coefficient (Wildman–Crippen LogP) is 7.10. The monoisotopic (exact) mass is 931 g/mol. The number of alkyl halides is 3. The highest BCUT2D eigenvalue weighted by molar-refractivity contribution is 6.30. The number of rotatable bonds is 7.